The second-order valence-corrected chi connectivity index (χ2v) is 3.45. The second-order valence-electron chi connectivity index (χ2n) is 2.60. The molecule has 1 heterocycles. The van der Waals surface area contributed by atoms with Gasteiger partial charge in [0.15, 0.2) is 11.7 Å². The molecule has 0 amide bonds. The highest BCUT2D eigenvalue weighted by Gasteiger charge is 2.09. The average molecular weight is 242 g/mol. The molecule has 3 N–H and O–H groups in total. The number of benzene rings is 1. The normalized spacial score (nSPS) is 10.6. The van der Waals surface area contributed by atoms with E-state index in [2.05, 4.69) is 25.9 Å². The molecule has 68 valence electrons. The first kappa shape index (κ1) is 8.37. The summed E-state index contributed by atoms with van der Waals surface area (Å²) in [6.07, 6.45) is 0. The Bertz CT molecular complexity index is 452. The number of hydrogen-bond donors (Lipinski definition) is 2. The van der Waals surface area contributed by atoms with E-state index in [9.17, 15) is 0 Å². The zero-order valence-corrected chi connectivity index (χ0v) is 8.55. The number of nitrogens with two attached hydrogens (primary N) is 1. The van der Waals surface area contributed by atoms with Crippen molar-refractivity contribution in [1.29, 1.82) is 0 Å². The van der Waals surface area contributed by atoms with Gasteiger partial charge in [0.1, 0.15) is 5.52 Å². The fraction of sp³-hybridized carbons (Fsp3) is 0.125. The van der Waals surface area contributed by atoms with E-state index in [-0.39, 0.29) is 0 Å². The molecule has 0 saturated heterocycles. The van der Waals surface area contributed by atoms with E-state index in [4.69, 9.17) is 10.5 Å². The predicted molar refractivity (Wildman–Crippen MR) is 54.8 cm³/mol. The standard InChI is InChI=1S/C8H8BrN3O/c1-13-7-4(9)2-3-5-6(7)12-8(10)11-5/h2-3H,1H3,(H3,10,11,12). The largest absolute Gasteiger partial charge is 0.493 e. The molecule has 0 radical (unpaired) electrons. The number of aromatic nitrogens is 2. The number of nitrogens with one attached hydrogen (secondary N) is 1. The molecule has 0 atom stereocenters. The van der Waals surface area contributed by atoms with E-state index in [1.54, 1.807) is 7.11 Å². The molecule has 0 unspecified atom stereocenters. The van der Waals surface area contributed by atoms with E-state index in [1.807, 2.05) is 12.1 Å². The molecule has 1 aromatic carbocycles. The Labute approximate surface area is 83.2 Å². The number of halogens is 1. The predicted octanol–water partition coefficient (Wildman–Crippen LogP) is 1.92. The first-order valence-corrected chi connectivity index (χ1v) is 4.49. The number of nitrogens with zero attached hydrogens (tertiary/aromatic N) is 1. The summed E-state index contributed by atoms with van der Waals surface area (Å²) < 4.78 is 6.06. The fourth-order valence-corrected chi connectivity index (χ4v) is 1.72. The second kappa shape index (κ2) is 2.92. The van der Waals surface area contributed by atoms with Crippen molar-refractivity contribution in [3.05, 3.63) is 16.6 Å². The summed E-state index contributed by atoms with van der Waals surface area (Å²) >= 11 is 3.37. The van der Waals surface area contributed by atoms with Crippen molar-refractivity contribution in [2.75, 3.05) is 12.8 Å². The van der Waals surface area contributed by atoms with Crippen LogP contribution in [0.15, 0.2) is 16.6 Å². The van der Waals surface area contributed by atoms with Crippen molar-refractivity contribution in [3.8, 4) is 5.75 Å². The molecule has 5 heteroatoms. The molecular weight excluding hydrogens is 234 g/mol. The van der Waals surface area contributed by atoms with Crippen molar-refractivity contribution < 1.29 is 4.74 Å². The molecule has 2 rings (SSSR count). The van der Waals surface area contributed by atoms with Crippen molar-refractivity contribution in [2.24, 2.45) is 0 Å². The van der Waals surface area contributed by atoms with Crippen molar-refractivity contribution in [3.63, 3.8) is 0 Å². The Hall–Kier alpha value is -1.23. The number of ether oxygens (including phenoxy) is 1. The van der Waals surface area contributed by atoms with Crippen LogP contribution in [-0.2, 0) is 0 Å². The molecule has 2 aromatic rings. The van der Waals surface area contributed by atoms with Gasteiger partial charge in [-0.05, 0) is 28.1 Å². The highest BCUT2D eigenvalue weighted by molar-refractivity contribution is 9.10. The summed E-state index contributed by atoms with van der Waals surface area (Å²) in [6, 6.07) is 3.78. The number of anilines is 1. The lowest BCUT2D eigenvalue weighted by Gasteiger charge is -2.02. The van der Waals surface area contributed by atoms with Crippen LogP contribution in [0, 0.1) is 0 Å². The fourth-order valence-electron chi connectivity index (χ4n) is 1.24. The third-order valence-electron chi connectivity index (χ3n) is 1.78. The van der Waals surface area contributed by atoms with Gasteiger partial charge in [-0.3, -0.25) is 0 Å². The smallest absolute Gasteiger partial charge is 0.198 e. The highest BCUT2D eigenvalue weighted by atomic mass is 79.9. The van der Waals surface area contributed by atoms with Crippen LogP contribution in [-0.4, -0.2) is 17.1 Å². The topological polar surface area (TPSA) is 63.9 Å². The molecule has 0 aliphatic rings. The zero-order chi connectivity index (χ0) is 9.42. The van der Waals surface area contributed by atoms with Gasteiger partial charge in [0.05, 0.1) is 17.1 Å². The quantitative estimate of drug-likeness (QED) is 0.802. The van der Waals surface area contributed by atoms with Gasteiger partial charge in [-0.25, -0.2) is 4.98 Å². The van der Waals surface area contributed by atoms with Crippen LogP contribution in [0.1, 0.15) is 0 Å². The summed E-state index contributed by atoms with van der Waals surface area (Å²) in [4.78, 5) is 7.04. The van der Waals surface area contributed by atoms with E-state index in [0.717, 1.165) is 15.5 Å². The SMILES string of the molecule is COc1c(Br)ccc2[nH]c(N)nc12. The van der Waals surface area contributed by atoms with Crippen molar-refractivity contribution in [1.82, 2.24) is 9.97 Å². The number of imidazole rings is 1. The Balaban J connectivity index is 2.82. The van der Waals surface area contributed by atoms with Crippen LogP contribution in [0.4, 0.5) is 5.95 Å². The summed E-state index contributed by atoms with van der Waals surface area (Å²) in [5, 5.41) is 0. The third kappa shape index (κ3) is 1.25. The molecular formula is C8H8BrN3O. The molecule has 0 aliphatic carbocycles. The zero-order valence-electron chi connectivity index (χ0n) is 6.97. The van der Waals surface area contributed by atoms with Gasteiger partial charge < -0.3 is 15.5 Å². The minimum atomic E-state index is 0.395. The molecule has 0 spiro atoms. The maximum atomic E-state index is 5.53. The van der Waals surface area contributed by atoms with Crippen LogP contribution >= 0.6 is 15.9 Å². The van der Waals surface area contributed by atoms with E-state index < -0.39 is 0 Å². The molecule has 13 heavy (non-hydrogen) atoms. The van der Waals surface area contributed by atoms with Gasteiger partial charge in [0.2, 0.25) is 0 Å². The van der Waals surface area contributed by atoms with E-state index in [1.165, 1.54) is 0 Å². The van der Waals surface area contributed by atoms with Crippen LogP contribution < -0.4 is 10.5 Å². The van der Waals surface area contributed by atoms with Crippen molar-refractivity contribution in [2.45, 2.75) is 0 Å². The molecule has 0 saturated carbocycles. The summed E-state index contributed by atoms with van der Waals surface area (Å²) in [5.74, 6) is 1.09. The Kier molecular flexibility index (Phi) is 1.88. The van der Waals surface area contributed by atoms with Gasteiger partial charge in [-0.2, -0.15) is 0 Å². The number of methoxy groups -OCH3 is 1. The molecule has 1 aromatic heterocycles. The van der Waals surface area contributed by atoms with E-state index in [0.29, 0.717) is 11.7 Å². The van der Waals surface area contributed by atoms with Gasteiger partial charge >= 0.3 is 0 Å². The Morgan fingerprint density at radius 1 is 1.54 bits per heavy atom. The summed E-state index contributed by atoms with van der Waals surface area (Å²) in [7, 11) is 1.60. The minimum absolute atomic E-state index is 0.395. The van der Waals surface area contributed by atoms with Gasteiger partial charge in [0, 0.05) is 0 Å². The maximum absolute atomic E-state index is 5.53. The highest BCUT2D eigenvalue weighted by Crippen LogP contribution is 2.32. The van der Waals surface area contributed by atoms with Crippen molar-refractivity contribution >= 4 is 32.9 Å². The minimum Gasteiger partial charge on any atom is -0.493 e. The third-order valence-corrected chi connectivity index (χ3v) is 2.41. The number of fused-ring (bicyclic) bond motifs is 1. The number of H-pyrrole nitrogens is 1. The number of hydrogen-bond acceptors (Lipinski definition) is 3. The number of aromatic amines is 1. The van der Waals surface area contributed by atoms with Crippen LogP contribution in [0.3, 0.4) is 0 Å². The lowest BCUT2D eigenvalue weighted by atomic mass is 10.3. The van der Waals surface area contributed by atoms with Crippen LogP contribution in [0.2, 0.25) is 0 Å². The Morgan fingerprint density at radius 3 is 3.00 bits per heavy atom. The Morgan fingerprint density at radius 2 is 2.31 bits per heavy atom. The molecule has 0 fully saturated rings. The number of rotatable bonds is 1. The van der Waals surface area contributed by atoms with E-state index >= 15 is 0 Å². The van der Waals surface area contributed by atoms with Gasteiger partial charge in [0.25, 0.3) is 0 Å². The molecule has 4 nitrogen and oxygen atoms in total. The average Bonchev–Trinajstić information content (AvgIpc) is 2.45. The van der Waals surface area contributed by atoms with Gasteiger partial charge in [-0.15, -0.1) is 0 Å². The summed E-state index contributed by atoms with van der Waals surface area (Å²) in [6.45, 7) is 0. The first-order chi connectivity index (χ1) is 6.22. The summed E-state index contributed by atoms with van der Waals surface area (Å²) in [5.41, 5.74) is 7.14. The molecule has 0 aliphatic heterocycles. The maximum Gasteiger partial charge on any atom is 0.198 e. The molecule has 0 bridgehead atoms. The lowest BCUT2D eigenvalue weighted by Crippen LogP contribution is -1.86. The first-order valence-electron chi connectivity index (χ1n) is 3.70. The van der Waals surface area contributed by atoms with Gasteiger partial charge in [-0.1, -0.05) is 0 Å². The lowest BCUT2D eigenvalue weighted by molar-refractivity contribution is 0.416. The number of nitrogen functional groups attached to an aromatic ring is 1. The monoisotopic (exact) mass is 241 g/mol. The van der Waals surface area contributed by atoms with Crippen LogP contribution in [0.5, 0.6) is 5.75 Å². The van der Waals surface area contributed by atoms with Crippen LogP contribution in [0.25, 0.3) is 11.0 Å².